The second kappa shape index (κ2) is 5.16. The molecule has 106 valence electrons. The zero-order valence-corrected chi connectivity index (χ0v) is 12.8. The summed E-state index contributed by atoms with van der Waals surface area (Å²) in [6, 6.07) is 7.23. The summed E-state index contributed by atoms with van der Waals surface area (Å²) in [5.74, 6) is 0.857. The van der Waals surface area contributed by atoms with Crippen LogP contribution >= 0.6 is 0 Å². The Morgan fingerprint density at radius 2 is 1.95 bits per heavy atom. The molecule has 19 heavy (non-hydrogen) atoms. The smallest absolute Gasteiger partial charge is 0.180 e. The molecule has 1 aromatic carbocycles. The van der Waals surface area contributed by atoms with Gasteiger partial charge in [-0.05, 0) is 36.3 Å². The Morgan fingerprint density at radius 3 is 2.53 bits per heavy atom. The van der Waals surface area contributed by atoms with Gasteiger partial charge in [0.1, 0.15) is 0 Å². The molecule has 1 unspecified atom stereocenters. The van der Waals surface area contributed by atoms with E-state index < -0.39 is 9.84 Å². The molecule has 1 N–H and O–H groups in total. The minimum Gasteiger partial charge on any atom is -0.384 e. The van der Waals surface area contributed by atoms with Crippen LogP contribution in [0.2, 0.25) is 0 Å². The average molecular weight is 281 g/mol. The van der Waals surface area contributed by atoms with E-state index in [1.54, 1.807) is 12.1 Å². The highest BCUT2D eigenvalue weighted by atomic mass is 32.2. The Bertz CT molecular complexity index is 549. The molecule has 1 saturated carbocycles. The molecular weight excluding hydrogens is 258 g/mol. The van der Waals surface area contributed by atoms with Crippen molar-refractivity contribution >= 4 is 15.5 Å². The van der Waals surface area contributed by atoms with Crippen LogP contribution in [0, 0.1) is 11.3 Å². The van der Waals surface area contributed by atoms with Crippen molar-refractivity contribution < 1.29 is 8.42 Å². The minimum atomic E-state index is -3.16. The van der Waals surface area contributed by atoms with E-state index in [4.69, 9.17) is 0 Å². The van der Waals surface area contributed by atoms with Crippen molar-refractivity contribution in [1.29, 1.82) is 0 Å². The van der Waals surface area contributed by atoms with Crippen molar-refractivity contribution in [2.75, 3.05) is 17.6 Å². The fourth-order valence-corrected chi connectivity index (χ4v) is 3.94. The van der Waals surface area contributed by atoms with Crippen molar-refractivity contribution in [3.63, 3.8) is 0 Å². The molecule has 1 aliphatic carbocycles. The summed E-state index contributed by atoms with van der Waals surface area (Å²) < 4.78 is 24.4. The van der Waals surface area contributed by atoms with Gasteiger partial charge in [0.2, 0.25) is 0 Å². The van der Waals surface area contributed by atoms with E-state index in [-0.39, 0.29) is 5.75 Å². The largest absolute Gasteiger partial charge is 0.384 e. The van der Waals surface area contributed by atoms with Crippen LogP contribution in [-0.2, 0) is 9.84 Å². The van der Waals surface area contributed by atoms with E-state index in [0.29, 0.717) is 22.6 Å². The number of sulfone groups is 1. The molecule has 1 aromatic rings. The number of nitrogens with one attached hydrogen (secondary N) is 1. The lowest BCUT2D eigenvalue weighted by molar-refractivity contribution is 0.572. The van der Waals surface area contributed by atoms with Gasteiger partial charge in [0, 0.05) is 6.54 Å². The van der Waals surface area contributed by atoms with Crippen molar-refractivity contribution in [2.24, 2.45) is 11.3 Å². The highest BCUT2D eigenvalue weighted by Crippen LogP contribution is 2.51. The fraction of sp³-hybridized carbons (Fsp3) is 0.600. The van der Waals surface area contributed by atoms with Gasteiger partial charge in [-0.3, -0.25) is 0 Å². The zero-order chi connectivity index (χ0) is 14.1. The first kappa shape index (κ1) is 14.4. The van der Waals surface area contributed by atoms with Crippen molar-refractivity contribution in [1.82, 2.24) is 0 Å². The molecule has 0 bridgehead atoms. The van der Waals surface area contributed by atoms with E-state index in [0.717, 1.165) is 12.2 Å². The molecule has 0 saturated heterocycles. The van der Waals surface area contributed by atoms with Gasteiger partial charge in [0.25, 0.3) is 0 Å². The molecule has 0 amide bonds. The molecular formula is C15H23NO2S. The molecule has 1 atom stereocenters. The van der Waals surface area contributed by atoms with Gasteiger partial charge >= 0.3 is 0 Å². The van der Waals surface area contributed by atoms with Gasteiger partial charge < -0.3 is 5.32 Å². The quantitative estimate of drug-likeness (QED) is 0.870. The molecule has 0 radical (unpaired) electrons. The third-order valence-electron chi connectivity index (χ3n) is 3.95. The molecule has 0 aromatic heterocycles. The van der Waals surface area contributed by atoms with Gasteiger partial charge in [-0.1, -0.05) is 32.9 Å². The lowest BCUT2D eigenvalue weighted by Gasteiger charge is -2.12. The second-order valence-corrected chi connectivity index (χ2v) is 8.16. The first-order valence-corrected chi connectivity index (χ1v) is 8.58. The number of hydrogen-bond acceptors (Lipinski definition) is 3. The summed E-state index contributed by atoms with van der Waals surface area (Å²) in [5.41, 5.74) is 1.16. The summed E-state index contributed by atoms with van der Waals surface area (Å²) in [6.07, 6.45) is 1.86. The Hall–Kier alpha value is -1.03. The normalized spacial score (nSPS) is 21.1. The van der Waals surface area contributed by atoms with E-state index >= 15 is 0 Å². The topological polar surface area (TPSA) is 46.2 Å². The van der Waals surface area contributed by atoms with E-state index in [2.05, 4.69) is 19.2 Å². The second-order valence-electron chi connectivity index (χ2n) is 6.09. The van der Waals surface area contributed by atoms with Crippen LogP contribution < -0.4 is 5.32 Å². The number of benzene rings is 1. The maximum atomic E-state index is 12.2. The SMILES string of the molecule is CCCS(=O)(=O)c1ccccc1NCC1CC1(C)C. The average Bonchev–Trinajstić information content (AvgIpc) is 2.95. The Balaban J connectivity index is 2.13. The first-order chi connectivity index (χ1) is 8.87. The maximum Gasteiger partial charge on any atom is 0.180 e. The third-order valence-corrected chi connectivity index (χ3v) is 5.92. The van der Waals surface area contributed by atoms with Crippen LogP contribution in [0.15, 0.2) is 29.2 Å². The molecule has 2 rings (SSSR count). The minimum absolute atomic E-state index is 0.209. The van der Waals surface area contributed by atoms with Gasteiger partial charge in [-0.2, -0.15) is 0 Å². The van der Waals surface area contributed by atoms with Crippen LogP contribution in [0.5, 0.6) is 0 Å². The lowest BCUT2D eigenvalue weighted by atomic mass is 10.1. The predicted octanol–water partition coefficient (Wildman–Crippen LogP) is 3.33. The first-order valence-electron chi connectivity index (χ1n) is 6.92. The number of para-hydroxylation sites is 1. The van der Waals surface area contributed by atoms with Crippen LogP contribution in [0.25, 0.3) is 0 Å². The van der Waals surface area contributed by atoms with Crippen molar-refractivity contribution in [2.45, 2.75) is 38.5 Å². The van der Waals surface area contributed by atoms with Crippen LogP contribution in [0.4, 0.5) is 5.69 Å². The summed E-state index contributed by atoms with van der Waals surface area (Å²) in [5, 5.41) is 3.32. The molecule has 0 heterocycles. The van der Waals surface area contributed by atoms with E-state index in [1.165, 1.54) is 6.42 Å². The van der Waals surface area contributed by atoms with E-state index in [1.807, 2.05) is 19.1 Å². The molecule has 1 aliphatic rings. The maximum absolute atomic E-state index is 12.2. The zero-order valence-electron chi connectivity index (χ0n) is 11.9. The number of anilines is 1. The van der Waals surface area contributed by atoms with Gasteiger partial charge in [0.05, 0.1) is 16.3 Å². The fourth-order valence-electron chi connectivity index (χ4n) is 2.42. The third kappa shape index (κ3) is 3.30. The number of hydrogen-bond donors (Lipinski definition) is 1. The summed E-state index contributed by atoms with van der Waals surface area (Å²) in [4.78, 5) is 0.440. The summed E-state index contributed by atoms with van der Waals surface area (Å²) >= 11 is 0. The number of rotatable bonds is 6. The molecule has 1 fully saturated rings. The van der Waals surface area contributed by atoms with Gasteiger partial charge in [-0.15, -0.1) is 0 Å². The monoisotopic (exact) mass is 281 g/mol. The Labute approximate surface area is 116 Å². The van der Waals surface area contributed by atoms with E-state index in [9.17, 15) is 8.42 Å². The van der Waals surface area contributed by atoms with Crippen LogP contribution in [0.1, 0.15) is 33.6 Å². The predicted molar refractivity (Wildman–Crippen MR) is 79.2 cm³/mol. The summed E-state index contributed by atoms with van der Waals surface area (Å²) in [6.45, 7) is 7.24. The van der Waals surface area contributed by atoms with Crippen LogP contribution in [-0.4, -0.2) is 20.7 Å². The highest BCUT2D eigenvalue weighted by Gasteiger charge is 2.45. The summed E-state index contributed by atoms with van der Waals surface area (Å²) in [7, 11) is -3.16. The van der Waals surface area contributed by atoms with Gasteiger partial charge in [-0.25, -0.2) is 8.42 Å². The van der Waals surface area contributed by atoms with Gasteiger partial charge in [0.15, 0.2) is 9.84 Å². The standard InChI is InChI=1S/C15H23NO2S/c1-4-9-19(17,18)14-8-6-5-7-13(14)16-11-12-10-15(12,2)3/h5-8,12,16H,4,9-11H2,1-3H3. The van der Waals surface area contributed by atoms with Crippen molar-refractivity contribution in [3.8, 4) is 0 Å². The molecule has 4 heteroatoms. The molecule has 0 aliphatic heterocycles. The van der Waals surface area contributed by atoms with Crippen LogP contribution in [0.3, 0.4) is 0 Å². The lowest BCUT2D eigenvalue weighted by Crippen LogP contribution is -2.13. The van der Waals surface area contributed by atoms with Crippen molar-refractivity contribution in [3.05, 3.63) is 24.3 Å². The molecule has 3 nitrogen and oxygen atoms in total. The Morgan fingerprint density at radius 1 is 1.32 bits per heavy atom. The highest BCUT2D eigenvalue weighted by molar-refractivity contribution is 7.91. The Kier molecular flexibility index (Phi) is 3.90. The molecule has 0 spiro atoms.